The normalized spacial score (nSPS) is 10.6. The van der Waals surface area contributed by atoms with E-state index in [1.165, 1.54) is 10.9 Å². The van der Waals surface area contributed by atoms with Crippen LogP contribution in [0.3, 0.4) is 0 Å². The Kier molecular flexibility index (Phi) is 2.83. The first-order chi connectivity index (χ1) is 7.58. The molecular weight excluding hydrogens is 300 g/mol. The molecule has 0 aliphatic heterocycles. The van der Waals surface area contributed by atoms with Gasteiger partial charge >= 0.3 is 5.82 Å². The number of nitro groups is 1. The highest BCUT2D eigenvalue weighted by molar-refractivity contribution is 9.10. The van der Waals surface area contributed by atoms with Crippen LogP contribution in [0.5, 0.6) is 0 Å². The van der Waals surface area contributed by atoms with Gasteiger partial charge in [0.25, 0.3) is 0 Å². The van der Waals surface area contributed by atoms with E-state index in [-0.39, 0.29) is 12.4 Å². The highest BCUT2D eigenvalue weighted by atomic mass is 79.9. The third-order valence-electron chi connectivity index (χ3n) is 1.77. The van der Waals surface area contributed by atoms with Crippen molar-refractivity contribution < 1.29 is 4.92 Å². The Balaban J connectivity index is 2.26. The Morgan fingerprint density at radius 3 is 2.94 bits per heavy atom. The molecule has 84 valence electrons. The van der Waals surface area contributed by atoms with Crippen LogP contribution in [0.4, 0.5) is 10.8 Å². The van der Waals surface area contributed by atoms with Crippen molar-refractivity contribution in [3.8, 4) is 0 Å². The molecule has 16 heavy (non-hydrogen) atoms. The van der Waals surface area contributed by atoms with Crippen LogP contribution in [0.25, 0.3) is 0 Å². The number of aromatic nitrogens is 4. The molecule has 0 bridgehead atoms. The van der Waals surface area contributed by atoms with Gasteiger partial charge in [-0.2, -0.15) is 4.68 Å². The molecule has 0 aromatic carbocycles. The van der Waals surface area contributed by atoms with Gasteiger partial charge in [-0.25, -0.2) is 0 Å². The summed E-state index contributed by atoms with van der Waals surface area (Å²) in [7, 11) is 0. The molecular formula is C6H5BrN6O2S. The van der Waals surface area contributed by atoms with Crippen LogP contribution in [-0.4, -0.2) is 24.3 Å². The lowest BCUT2D eigenvalue weighted by Crippen LogP contribution is -2.03. The first-order valence-corrected chi connectivity index (χ1v) is 5.58. The van der Waals surface area contributed by atoms with Gasteiger partial charge in [0.15, 0.2) is 0 Å². The summed E-state index contributed by atoms with van der Waals surface area (Å²) in [6.07, 6.45) is 1.50. The molecule has 0 spiro atoms. The van der Waals surface area contributed by atoms with Crippen molar-refractivity contribution in [2.24, 2.45) is 0 Å². The number of hydrogen-bond donors (Lipinski definition) is 1. The minimum absolute atomic E-state index is 0.234. The van der Waals surface area contributed by atoms with Gasteiger partial charge < -0.3 is 15.8 Å². The van der Waals surface area contributed by atoms with E-state index >= 15 is 0 Å². The van der Waals surface area contributed by atoms with Crippen molar-refractivity contribution in [3.63, 3.8) is 0 Å². The van der Waals surface area contributed by atoms with Crippen molar-refractivity contribution in [2.45, 2.75) is 6.54 Å². The molecule has 0 saturated carbocycles. The fourth-order valence-corrected chi connectivity index (χ4v) is 1.97. The maximum Gasteiger partial charge on any atom is 0.404 e. The summed E-state index contributed by atoms with van der Waals surface area (Å²) < 4.78 is 5.37. The molecule has 10 heteroatoms. The Morgan fingerprint density at radius 2 is 2.44 bits per heavy atom. The highest BCUT2D eigenvalue weighted by Gasteiger charge is 2.19. The molecule has 0 aliphatic carbocycles. The maximum absolute atomic E-state index is 10.6. The fourth-order valence-electron chi connectivity index (χ4n) is 1.07. The summed E-state index contributed by atoms with van der Waals surface area (Å²) in [4.78, 5) is 9.99. The third-order valence-corrected chi connectivity index (χ3v) is 2.92. The van der Waals surface area contributed by atoms with Crippen LogP contribution >= 0.6 is 27.5 Å². The summed E-state index contributed by atoms with van der Waals surface area (Å²) in [6.45, 7) is 0.259. The van der Waals surface area contributed by atoms with Crippen molar-refractivity contribution in [2.75, 3.05) is 5.73 Å². The van der Waals surface area contributed by atoms with Gasteiger partial charge in [-0.3, -0.25) is 0 Å². The number of anilines is 1. The predicted octanol–water partition coefficient (Wildman–Crippen LogP) is 1.04. The average molecular weight is 305 g/mol. The second-order valence-corrected chi connectivity index (χ2v) is 4.48. The summed E-state index contributed by atoms with van der Waals surface area (Å²) >= 11 is 4.12. The molecule has 0 radical (unpaired) electrons. The number of nitrogen functional groups attached to an aromatic ring is 1. The molecule has 2 aromatic heterocycles. The van der Waals surface area contributed by atoms with Crippen molar-refractivity contribution in [1.82, 2.24) is 19.4 Å². The highest BCUT2D eigenvalue weighted by Crippen LogP contribution is 2.23. The topological polar surface area (TPSA) is 113 Å². The zero-order chi connectivity index (χ0) is 11.7. The standard InChI is InChI=1S/C6H5BrN6O2S/c7-3-1-12(10-6(3)13(14)15)2-4-5(8)16-11-9-4/h1H,2,8H2. The summed E-state index contributed by atoms with van der Waals surface area (Å²) in [5.41, 5.74) is 6.15. The van der Waals surface area contributed by atoms with Crippen molar-refractivity contribution >= 4 is 38.3 Å². The van der Waals surface area contributed by atoms with E-state index in [2.05, 4.69) is 30.6 Å². The average Bonchev–Trinajstić information content (AvgIpc) is 2.75. The zero-order valence-corrected chi connectivity index (χ0v) is 10.1. The van der Waals surface area contributed by atoms with E-state index in [1.54, 1.807) is 0 Å². The predicted molar refractivity (Wildman–Crippen MR) is 60.0 cm³/mol. The molecule has 2 N–H and O–H groups in total. The Bertz CT molecular complexity index is 537. The van der Waals surface area contributed by atoms with E-state index in [4.69, 9.17) is 5.73 Å². The van der Waals surface area contributed by atoms with Gasteiger partial charge in [-0.1, -0.05) is 4.49 Å². The Hall–Kier alpha value is -1.55. The molecule has 0 unspecified atom stereocenters. The number of halogens is 1. The molecule has 2 rings (SSSR count). The number of hydrogen-bond acceptors (Lipinski definition) is 7. The van der Waals surface area contributed by atoms with Gasteiger partial charge in [0.1, 0.15) is 21.7 Å². The molecule has 0 atom stereocenters. The largest absolute Gasteiger partial charge is 0.404 e. The van der Waals surface area contributed by atoms with Crippen molar-refractivity contribution in [1.29, 1.82) is 0 Å². The number of nitrogens with two attached hydrogens (primary N) is 1. The van der Waals surface area contributed by atoms with Crippen LogP contribution in [0, 0.1) is 10.1 Å². The fraction of sp³-hybridized carbons (Fsp3) is 0.167. The second-order valence-electron chi connectivity index (χ2n) is 2.84. The van der Waals surface area contributed by atoms with Crippen LogP contribution < -0.4 is 5.73 Å². The monoisotopic (exact) mass is 304 g/mol. The van der Waals surface area contributed by atoms with Crippen LogP contribution in [0.2, 0.25) is 0 Å². The summed E-state index contributed by atoms with van der Waals surface area (Å²) in [6, 6.07) is 0. The van der Waals surface area contributed by atoms with Crippen LogP contribution in [-0.2, 0) is 6.54 Å². The summed E-state index contributed by atoms with van der Waals surface area (Å²) in [5, 5.41) is 18.6. The molecule has 2 heterocycles. The zero-order valence-electron chi connectivity index (χ0n) is 7.70. The minimum atomic E-state index is -0.566. The Labute approximate surface area is 102 Å². The lowest BCUT2D eigenvalue weighted by molar-refractivity contribution is -0.390. The number of rotatable bonds is 3. The summed E-state index contributed by atoms with van der Waals surface area (Å²) in [5.74, 6) is -0.234. The third kappa shape index (κ3) is 2.02. The lowest BCUT2D eigenvalue weighted by Gasteiger charge is -1.92. The SMILES string of the molecule is Nc1snnc1Cn1cc(Br)c([N+](=O)[O-])n1. The molecule has 0 fully saturated rings. The van der Waals surface area contributed by atoms with Gasteiger partial charge in [0, 0.05) is 11.5 Å². The molecule has 8 nitrogen and oxygen atoms in total. The van der Waals surface area contributed by atoms with Crippen LogP contribution in [0.1, 0.15) is 5.69 Å². The van der Waals surface area contributed by atoms with E-state index in [0.29, 0.717) is 15.2 Å². The molecule has 0 saturated heterocycles. The van der Waals surface area contributed by atoms with E-state index < -0.39 is 4.92 Å². The van der Waals surface area contributed by atoms with Gasteiger partial charge in [0.2, 0.25) is 0 Å². The quantitative estimate of drug-likeness (QED) is 0.669. The molecule has 0 amide bonds. The van der Waals surface area contributed by atoms with E-state index in [1.807, 2.05) is 0 Å². The minimum Gasteiger partial charge on any atom is -0.388 e. The van der Waals surface area contributed by atoms with E-state index in [9.17, 15) is 10.1 Å². The van der Waals surface area contributed by atoms with Gasteiger partial charge in [0.05, 0.1) is 11.3 Å². The van der Waals surface area contributed by atoms with Gasteiger partial charge in [-0.15, -0.1) is 5.10 Å². The second kappa shape index (κ2) is 4.14. The Morgan fingerprint density at radius 1 is 1.69 bits per heavy atom. The van der Waals surface area contributed by atoms with E-state index in [0.717, 1.165) is 11.5 Å². The number of nitrogens with zero attached hydrogens (tertiary/aromatic N) is 5. The van der Waals surface area contributed by atoms with Crippen molar-refractivity contribution in [3.05, 3.63) is 26.5 Å². The van der Waals surface area contributed by atoms with Gasteiger partial charge in [-0.05, 0) is 20.9 Å². The van der Waals surface area contributed by atoms with Crippen LogP contribution in [0.15, 0.2) is 10.7 Å². The smallest absolute Gasteiger partial charge is 0.388 e. The first-order valence-electron chi connectivity index (χ1n) is 4.02. The molecule has 2 aromatic rings. The molecule has 0 aliphatic rings. The lowest BCUT2D eigenvalue weighted by atomic mass is 10.4. The maximum atomic E-state index is 10.6. The first kappa shape index (κ1) is 11.0.